The topological polar surface area (TPSA) is 35.8 Å². The van der Waals surface area contributed by atoms with Gasteiger partial charge in [-0.15, -0.1) is 0 Å². The molecule has 1 atom stereocenters. The van der Waals surface area contributed by atoms with Crippen LogP contribution >= 0.6 is 11.6 Å². The van der Waals surface area contributed by atoms with Gasteiger partial charge in [0.2, 0.25) is 0 Å². The smallest absolute Gasteiger partial charge is 0.115 e. The predicted molar refractivity (Wildman–Crippen MR) is 129 cm³/mol. The number of likely N-dealkylation sites (N-methyl/N-ethyl adjacent to an activating group) is 1. The van der Waals surface area contributed by atoms with Crippen LogP contribution in [0.15, 0.2) is 95.7 Å². The summed E-state index contributed by atoms with van der Waals surface area (Å²) < 4.78 is 0. The van der Waals surface area contributed by atoms with Gasteiger partial charge in [-0.05, 0) is 61.9 Å². The maximum Gasteiger partial charge on any atom is 0.115 e. The average molecular weight is 419 g/mol. The van der Waals surface area contributed by atoms with Gasteiger partial charge < -0.3 is 10.0 Å². The highest BCUT2D eigenvalue weighted by molar-refractivity contribution is 6.31. The van der Waals surface area contributed by atoms with Crippen LogP contribution in [0.1, 0.15) is 31.4 Å². The van der Waals surface area contributed by atoms with Gasteiger partial charge in [-0.3, -0.25) is 4.99 Å². The molecule has 0 bridgehead atoms. The van der Waals surface area contributed by atoms with Gasteiger partial charge in [-0.2, -0.15) is 0 Å². The second-order valence-corrected chi connectivity index (χ2v) is 7.66. The van der Waals surface area contributed by atoms with E-state index in [0.717, 1.165) is 34.6 Å². The highest BCUT2D eigenvalue weighted by atomic mass is 35.5. The first-order valence-corrected chi connectivity index (χ1v) is 10.4. The number of fused-ring (bicyclic) bond motifs is 1. The third-order valence-electron chi connectivity index (χ3n) is 5.13. The molecule has 3 rings (SSSR count). The minimum absolute atomic E-state index is 0.141. The lowest BCUT2D eigenvalue weighted by Gasteiger charge is -2.25. The zero-order chi connectivity index (χ0) is 21.7. The van der Waals surface area contributed by atoms with E-state index in [4.69, 9.17) is 16.6 Å². The molecular weight excluding hydrogens is 392 g/mol. The monoisotopic (exact) mass is 418 g/mol. The first kappa shape index (κ1) is 21.7. The Kier molecular flexibility index (Phi) is 6.96. The number of aliphatic imine (C=N–C) groups is 1. The minimum atomic E-state index is -0.141. The Hall–Kier alpha value is -3.04. The van der Waals surface area contributed by atoms with E-state index in [1.54, 1.807) is 12.1 Å². The Morgan fingerprint density at radius 2 is 1.90 bits per heavy atom. The Morgan fingerprint density at radius 3 is 2.57 bits per heavy atom. The second kappa shape index (κ2) is 9.64. The van der Waals surface area contributed by atoms with Crippen molar-refractivity contribution in [1.29, 1.82) is 0 Å². The molecule has 4 heteroatoms. The van der Waals surface area contributed by atoms with Gasteiger partial charge in [-0.1, -0.05) is 48.6 Å². The van der Waals surface area contributed by atoms with Crippen LogP contribution in [0.4, 0.5) is 5.69 Å². The van der Waals surface area contributed by atoms with Crippen molar-refractivity contribution in [3.63, 3.8) is 0 Å². The van der Waals surface area contributed by atoms with Crippen LogP contribution in [0.3, 0.4) is 0 Å². The summed E-state index contributed by atoms with van der Waals surface area (Å²) in [6.07, 6.45) is 11.0. The van der Waals surface area contributed by atoms with E-state index in [9.17, 15) is 5.11 Å². The van der Waals surface area contributed by atoms with Crippen molar-refractivity contribution in [2.75, 3.05) is 11.9 Å². The highest BCUT2D eigenvalue weighted by Gasteiger charge is 2.26. The van der Waals surface area contributed by atoms with Crippen LogP contribution in [0.25, 0.3) is 0 Å². The zero-order valence-corrected chi connectivity index (χ0v) is 18.4. The molecule has 1 heterocycles. The van der Waals surface area contributed by atoms with E-state index >= 15 is 0 Å². The highest BCUT2D eigenvalue weighted by Crippen LogP contribution is 2.34. The van der Waals surface area contributed by atoms with Crippen LogP contribution in [0.2, 0.25) is 5.02 Å². The quantitative estimate of drug-likeness (QED) is 0.549. The molecule has 1 N–H and O–H groups in total. The molecule has 0 aliphatic carbocycles. The summed E-state index contributed by atoms with van der Waals surface area (Å²) in [7, 11) is 2.02. The van der Waals surface area contributed by atoms with Crippen molar-refractivity contribution < 1.29 is 5.11 Å². The van der Waals surface area contributed by atoms with Gasteiger partial charge in [0, 0.05) is 35.3 Å². The van der Waals surface area contributed by atoms with Crippen molar-refractivity contribution in [3.05, 3.63) is 107 Å². The summed E-state index contributed by atoms with van der Waals surface area (Å²) in [4.78, 5) is 7.25. The largest absolute Gasteiger partial charge is 0.508 e. The van der Waals surface area contributed by atoms with Gasteiger partial charge in [0.1, 0.15) is 5.75 Å². The number of rotatable bonds is 5. The van der Waals surface area contributed by atoms with E-state index < -0.39 is 0 Å². The van der Waals surface area contributed by atoms with Crippen molar-refractivity contribution >= 4 is 23.0 Å². The molecule has 154 valence electrons. The fourth-order valence-electron chi connectivity index (χ4n) is 3.53. The maximum atomic E-state index is 9.74. The number of allylic oxidation sites excluding steroid dienone is 5. The van der Waals surface area contributed by atoms with E-state index in [-0.39, 0.29) is 11.8 Å². The molecule has 1 aliphatic rings. The molecule has 0 aromatic heterocycles. The van der Waals surface area contributed by atoms with Gasteiger partial charge in [0.05, 0.1) is 17.4 Å². The molecular formula is C26H27ClN2O. The Morgan fingerprint density at radius 1 is 1.17 bits per heavy atom. The normalized spacial score (nSPS) is 17.4. The summed E-state index contributed by atoms with van der Waals surface area (Å²) in [6, 6.07) is 12.8. The SMILES string of the molecule is C=C1C(CC(/C=C\C)=C/C=C\C)N=C(c2ccc(O)cc2)c2cc(Cl)ccc2N1C. The van der Waals surface area contributed by atoms with Gasteiger partial charge >= 0.3 is 0 Å². The summed E-state index contributed by atoms with van der Waals surface area (Å²) in [5.74, 6) is 0.224. The molecule has 0 spiro atoms. The number of benzene rings is 2. The molecule has 0 saturated heterocycles. The first-order chi connectivity index (χ1) is 14.4. The van der Waals surface area contributed by atoms with Crippen molar-refractivity contribution in [1.82, 2.24) is 0 Å². The van der Waals surface area contributed by atoms with E-state index in [1.165, 1.54) is 5.57 Å². The third kappa shape index (κ3) is 4.74. The molecule has 0 radical (unpaired) electrons. The van der Waals surface area contributed by atoms with E-state index in [2.05, 4.69) is 23.6 Å². The van der Waals surface area contributed by atoms with Crippen LogP contribution in [-0.2, 0) is 0 Å². The van der Waals surface area contributed by atoms with E-state index in [1.807, 2.05) is 69.5 Å². The first-order valence-electron chi connectivity index (χ1n) is 9.98. The number of halogens is 1. The van der Waals surface area contributed by atoms with Crippen molar-refractivity contribution in [2.24, 2.45) is 4.99 Å². The maximum absolute atomic E-state index is 9.74. The molecule has 0 fully saturated rings. The minimum Gasteiger partial charge on any atom is -0.508 e. The Bertz CT molecular complexity index is 1050. The number of aromatic hydroxyl groups is 1. The summed E-state index contributed by atoms with van der Waals surface area (Å²) >= 11 is 6.35. The molecule has 30 heavy (non-hydrogen) atoms. The number of phenols is 1. The standard InChI is InChI=1S/C26H27ClN2O/c1-5-7-9-19(8-6-2)16-24-18(3)29(4)25-15-12-21(27)17-23(25)26(28-24)20-10-13-22(30)14-11-20/h5-15,17,24,30H,3,16H2,1-2,4H3/b7-5-,8-6-,19-9+. The van der Waals surface area contributed by atoms with Gasteiger partial charge in [0.15, 0.2) is 0 Å². The molecule has 1 aliphatic heterocycles. The Balaban J connectivity index is 2.16. The fourth-order valence-corrected chi connectivity index (χ4v) is 3.70. The van der Waals surface area contributed by atoms with Crippen LogP contribution < -0.4 is 4.90 Å². The summed E-state index contributed by atoms with van der Waals surface area (Å²) in [5.41, 5.74) is 5.81. The van der Waals surface area contributed by atoms with Crippen molar-refractivity contribution in [3.8, 4) is 5.75 Å². The molecule has 1 unspecified atom stereocenters. The summed E-state index contributed by atoms with van der Waals surface area (Å²) in [6.45, 7) is 8.39. The number of anilines is 1. The van der Waals surface area contributed by atoms with Crippen LogP contribution in [0, 0.1) is 0 Å². The van der Waals surface area contributed by atoms with Crippen LogP contribution in [0.5, 0.6) is 5.75 Å². The van der Waals surface area contributed by atoms with Gasteiger partial charge in [-0.25, -0.2) is 0 Å². The van der Waals surface area contributed by atoms with Crippen molar-refractivity contribution in [2.45, 2.75) is 26.3 Å². The van der Waals surface area contributed by atoms with Gasteiger partial charge in [0.25, 0.3) is 0 Å². The lowest BCUT2D eigenvalue weighted by Crippen LogP contribution is -2.24. The van der Waals surface area contributed by atoms with E-state index in [0.29, 0.717) is 5.02 Å². The average Bonchev–Trinajstić information content (AvgIpc) is 2.83. The Labute approximate surface area is 184 Å². The number of benzodiazepines with no additional fused rings is 1. The van der Waals surface area contributed by atoms with Crippen LogP contribution in [-0.4, -0.2) is 23.9 Å². The summed E-state index contributed by atoms with van der Waals surface area (Å²) in [5, 5.41) is 10.4. The number of hydrogen-bond donors (Lipinski definition) is 1. The predicted octanol–water partition coefficient (Wildman–Crippen LogP) is 6.68. The number of nitrogens with zero attached hydrogens (tertiary/aromatic N) is 2. The second-order valence-electron chi connectivity index (χ2n) is 7.22. The third-order valence-corrected chi connectivity index (χ3v) is 5.36. The number of phenolic OH excluding ortho intramolecular Hbond substituents is 1. The number of hydrogen-bond acceptors (Lipinski definition) is 3. The molecule has 2 aromatic rings. The molecule has 0 saturated carbocycles. The molecule has 0 amide bonds. The lowest BCUT2D eigenvalue weighted by atomic mass is 10.00. The fraction of sp³-hybridized carbons (Fsp3) is 0.192. The lowest BCUT2D eigenvalue weighted by molar-refractivity contribution is 0.475. The molecule has 3 nitrogen and oxygen atoms in total. The zero-order valence-electron chi connectivity index (χ0n) is 17.6. The molecule has 2 aromatic carbocycles.